The lowest BCUT2D eigenvalue weighted by Gasteiger charge is -2.00. The van der Waals surface area contributed by atoms with Gasteiger partial charge in [-0.05, 0) is 25.3 Å². The number of thiazole rings is 1. The Balaban J connectivity index is 1.86. The summed E-state index contributed by atoms with van der Waals surface area (Å²) in [5, 5.41) is 6.67. The zero-order chi connectivity index (χ0) is 10.7. The lowest BCUT2D eigenvalue weighted by atomic mass is 10.3. The molecule has 0 saturated carbocycles. The molecule has 0 unspecified atom stereocenters. The van der Waals surface area contributed by atoms with E-state index in [9.17, 15) is 0 Å². The summed E-state index contributed by atoms with van der Waals surface area (Å²) in [5.41, 5.74) is 1.19. The monoisotopic (exact) mass is 238 g/mol. The van der Waals surface area contributed by atoms with Crippen LogP contribution in [0.5, 0.6) is 0 Å². The predicted molar refractivity (Wildman–Crippen MR) is 66.5 cm³/mol. The first kappa shape index (κ1) is 10.8. The third kappa shape index (κ3) is 2.87. The number of hydrogen-bond acceptors (Lipinski definition) is 4. The number of thiophene rings is 1. The van der Waals surface area contributed by atoms with Crippen molar-refractivity contribution in [3.05, 3.63) is 38.0 Å². The van der Waals surface area contributed by atoms with Crippen LogP contribution in [0.4, 0.5) is 0 Å². The van der Waals surface area contributed by atoms with E-state index in [-0.39, 0.29) is 0 Å². The molecule has 0 fully saturated rings. The van der Waals surface area contributed by atoms with Crippen LogP contribution >= 0.6 is 22.7 Å². The number of nitrogens with one attached hydrogen (secondary N) is 1. The zero-order valence-electron chi connectivity index (χ0n) is 8.91. The van der Waals surface area contributed by atoms with Crippen molar-refractivity contribution in [3.63, 3.8) is 0 Å². The molecule has 2 rings (SSSR count). The van der Waals surface area contributed by atoms with Gasteiger partial charge in [-0.3, -0.25) is 0 Å². The normalized spacial score (nSPS) is 10.8. The maximum Gasteiger partial charge on any atom is 0.0900 e. The van der Waals surface area contributed by atoms with Crippen LogP contribution in [0, 0.1) is 13.8 Å². The third-order valence-electron chi connectivity index (χ3n) is 2.17. The fraction of sp³-hybridized carbons (Fsp3) is 0.364. The summed E-state index contributed by atoms with van der Waals surface area (Å²) >= 11 is 3.56. The lowest BCUT2D eigenvalue weighted by molar-refractivity contribution is 0.686. The average Bonchev–Trinajstić information content (AvgIpc) is 2.77. The van der Waals surface area contributed by atoms with Crippen molar-refractivity contribution in [2.45, 2.75) is 26.9 Å². The average molecular weight is 238 g/mol. The molecule has 0 aliphatic carbocycles. The Morgan fingerprint density at radius 3 is 2.80 bits per heavy atom. The summed E-state index contributed by atoms with van der Waals surface area (Å²) in [6.45, 7) is 6.00. The fourth-order valence-electron chi connectivity index (χ4n) is 1.45. The van der Waals surface area contributed by atoms with E-state index >= 15 is 0 Å². The third-order valence-corrected chi connectivity index (χ3v) is 3.98. The summed E-state index contributed by atoms with van der Waals surface area (Å²) in [5.74, 6) is 0. The van der Waals surface area contributed by atoms with Gasteiger partial charge in [0.1, 0.15) is 0 Å². The quantitative estimate of drug-likeness (QED) is 0.885. The van der Waals surface area contributed by atoms with Gasteiger partial charge in [0.2, 0.25) is 0 Å². The lowest BCUT2D eigenvalue weighted by Crippen LogP contribution is -2.12. The maximum absolute atomic E-state index is 4.49. The Kier molecular flexibility index (Phi) is 3.51. The van der Waals surface area contributed by atoms with Crippen molar-refractivity contribution in [2.75, 3.05) is 0 Å². The van der Waals surface area contributed by atoms with Gasteiger partial charge in [0, 0.05) is 22.8 Å². The van der Waals surface area contributed by atoms with E-state index in [1.807, 2.05) is 0 Å². The minimum Gasteiger partial charge on any atom is -0.306 e. The van der Waals surface area contributed by atoms with Crippen LogP contribution in [0.15, 0.2) is 17.5 Å². The first-order chi connectivity index (χ1) is 7.25. The van der Waals surface area contributed by atoms with Crippen LogP contribution in [-0.4, -0.2) is 4.98 Å². The molecular formula is C11H14N2S2. The van der Waals surface area contributed by atoms with Crippen LogP contribution in [-0.2, 0) is 13.1 Å². The first-order valence-electron chi connectivity index (χ1n) is 4.91. The molecule has 4 heteroatoms. The topological polar surface area (TPSA) is 24.9 Å². The van der Waals surface area contributed by atoms with Crippen molar-refractivity contribution in [2.24, 2.45) is 0 Å². The maximum atomic E-state index is 4.49. The van der Waals surface area contributed by atoms with E-state index in [0.29, 0.717) is 0 Å². The largest absolute Gasteiger partial charge is 0.306 e. The Bertz CT molecular complexity index is 418. The highest BCUT2D eigenvalue weighted by molar-refractivity contribution is 7.11. The molecule has 1 N–H and O–H groups in total. The molecule has 0 aliphatic rings. The summed E-state index contributed by atoms with van der Waals surface area (Å²) in [6.07, 6.45) is 0. The highest BCUT2D eigenvalue weighted by Crippen LogP contribution is 2.16. The Morgan fingerprint density at radius 1 is 1.33 bits per heavy atom. The molecule has 0 amide bonds. The second kappa shape index (κ2) is 4.88. The minimum absolute atomic E-state index is 0.869. The molecule has 0 bridgehead atoms. The second-order valence-electron chi connectivity index (χ2n) is 3.42. The van der Waals surface area contributed by atoms with E-state index < -0.39 is 0 Å². The Hall–Kier alpha value is -0.710. The van der Waals surface area contributed by atoms with Crippen LogP contribution < -0.4 is 5.32 Å². The van der Waals surface area contributed by atoms with E-state index in [0.717, 1.165) is 18.1 Å². The van der Waals surface area contributed by atoms with Gasteiger partial charge >= 0.3 is 0 Å². The van der Waals surface area contributed by atoms with E-state index in [4.69, 9.17) is 0 Å². The van der Waals surface area contributed by atoms with E-state index in [2.05, 4.69) is 41.7 Å². The number of nitrogens with zero attached hydrogens (tertiary/aromatic N) is 1. The Labute approximate surface area is 98.0 Å². The predicted octanol–water partition coefficient (Wildman–Crippen LogP) is 3.11. The van der Waals surface area contributed by atoms with Crippen molar-refractivity contribution in [1.29, 1.82) is 0 Å². The summed E-state index contributed by atoms with van der Waals surface area (Å²) < 4.78 is 0. The highest BCUT2D eigenvalue weighted by atomic mass is 32.1. The van der Waals surface area contributed by atoms with Crippen molar-refractivity contribution in [1.82, 2.24) is 10.3 Å². The second-order valence-corrected chi connectivity index (χ2v) is 5.86. The molecule has 0 radical (unpaired) electrons. The number of aromatic nitrogens is 1. The SMILES string of the molecule is Cc1nc(CNCc2cccs2)c(C)s1. The van der Waals surface area contributed by atoms with Crippen molar-refractivity contribution in [3.8, 4) is 0 Å². The van der Waals surface area contributed by atoms with Gasteiger partial charge in [0.25, 0.3) is 0 Å². The van der Waals surface area contributed by atoms with Gasteiger partial charge in [-0.1, -0.05) is 6.07 Å². The number of rotatable bonds is 4. The van der Waals surface area contributed by atoms with Crippen LogP contribution in [0.2, 0.25) is 0 Å². The Morgan fingerprint density at radius 2 is 2.20 bits per heavy atom. The van der Waals surface area contributed by atoms with Gasteiger partial charge in [-0.25, -0.2) is 4.98 Å². The first-order valence-corrected chi connectivity index (χ1v) is 6.61. The molecule has 0 aromatic carbocycles. The van der Waals surface area contributed by atoms with Gasteiger partial charge in [0.15, 0.2) is 0 Å². The van der Waals surface area contributed by atoms with Gasteiger partial charge in [-0.2, -0.15) is 0 Å². The smallest absolute Gasteiger partial charge is 0.0900 e. The molecule has 2 aromatic heterocycles. The standard InChI is InChI=1S/C11H14N2S2/c1-8-11(13-9(2)15-8)7-12-6-10-4-3-5-14-10/h3-5,12H,6-7H2,1-2H3. The molecule has 2 heterocycles. The van der Waals surface area contributed by atoms with Gasteiger partial charge in [0.05, 0.1) is 10.7 Å². The van der Waals surface area contributed by atoms with Crippen LogP contribution in [0.25, 0.3) is 0 Å². The van der Waals surface area contributed by atoms with E-state index in [1.165, 1.54) is 15.4 Å². The number of aryl methyl sites for hydroxylation is 2. The van der Waals surface area contributed by atoms with Gasteiger partial charge < -0.3 is 5.32 Å². The molecular weight excluding hydrogens is 224 g/mol. The minimum atomic E-state index is 0.869. The van der Waals surface area contributed by atoms with Gasteiger partial charge in [-0.15, -0.1) is 22.7 Å². The molecule has 0 saturated heterocycles. The van der Waals surface area contributed by atoms with E-state index in [1.54, 1.807) is 22.7 Å². The number of hydrogen-bond donors (Lipinski definition) is 1. The molecule has 0 aliphatic heterocycles. The summed E-state index contributed by atoms with van der Waals surface area (Å²) in [7, 11) is 0. The highest BCUT2D eigenvalue weighted by Gasteiger charge is 2.03. The molecule has 80 valence electrons. The molecule has 2 nitrogen and oxygen atoms in total. The van der Waals surface area contributed by atoms with Crippen molar-refractivity contribution >= 4 is 22.7 Å². The van der Waals surface area contributed by atoms with Crippen molar-refractivity contribution < 1.29 is 0 Å². The van der Waals surface area contributed by atoms with Crippen LogP contribution in [0.3, 0.4) is 0 Å². The molecule has 0 atom stereocenters. The molecule has 2 aromatic rings. The molecule has 0 spiro atoms. The zero-order valence-corrected chi connectivity index (χ0v) is 10.5. The fourth-order valence-corrected chi connectivity index (χ4v) is 2.96. The van der Waals surface area contributed by atoms with Crippen LogP contribution in [0.1, 0.15) is 20.5 Å². The summed E-state index contributed by atoms with van der Waals surface area (Å²) in [6, 6.07) is 4.23. The molecule has 15 heavy (non-hydrogen) atoms. The summed E-state index contributed by atoms with van der Waals surface area (Å²) in [4.78, 5) is 7.19.